The van der Waals surface area contributed by atoms with Crippen LogP contribution in [0.15, 0.2) is 47.8 Å². The highest BCUT2D eigenvalue weighted by atomic mass is 32.1. The third kappa shape index (κ3) is 3.70. The van der Waals surface area contributed by atoms with Crippen molar-refractivity contribution in [3.63, 3.8) is 0 Å². The number of piperazine rings is 1. The molecule has 0 saturated carbocycles. The van der Waals surface area contributed by atoms with Gasteiger partial charge in [-0.05, 0) is 34.0 Å². The Morgan fingerprint density at radius 3 is 2.54 bits per heavy atom. The quantitative estimate of drug-likeness (QED) is 0.669. The predicted octanol–water partition coefficient (Wildman–Crippen LogP) is 2.51. The van der Waals surface area contributed by atoms with Gasteiger partial charge in [0.1, 0.15) is 6.04 Å². The Bertz CT molecular complexity index is 793. The molecule has 6 nitrogen and oxygen atoms in total. The molecule has 1 saturated heterocycles. The van der Waals surface area contributed by atoms with E-state index in [4.69, 9.17) is 0 Å². The lowest BCUT2D eigenvalue weighted by Gasteiger charge is -2.38. The van der Waals surface area contributed by atoms with Gasteiger partial charge in [-0.3, -0.25) is 4.90 Å². The van der Waals surface area contributed by atoms with Crippen molar-refractivity contribution < 1.29 is 0 Å². The first kappa shape index (κ1) is 17.3. The second kappa shape index (κ2) is 8.07. The Labute approximate surface area is 158 Å². The Morgan fingerprint density at radius 1 is 1.04 bits per heavy atom. The van der Waals surface area contributed by atoms with Gasteiger partial charge in [-0.2, -0.15) is 0 Å². The minimum Gasteiger partial charge on any atom is -0.301 e. The standard InChI is InChI=1S/C19H24N6S/c1-2-23-10-12-24(13-11-23)18(17-9-6-14-26-17)19-20-21-22-25(19)15-16-7-4-3-5-8-16/h3-9,14,18H,2,10-13,15H2,1H3. The molecule has 4 rings (SSSR count). The highest BCUT2D eigenvalue weighted by molar-refractivity contribution is 7.10. The van der Waals surface area contributed by atoms with Crippen LogP contribution in [0.25, 0.3) is 0 Å². The summed E-state index contributed by atoms with van der Waals surface area (Å²) in [4.78, 5) is 6.32. The SMILES string of the molecule is CCN1CCN(C(c2cccs2)c2nnnn2Cc2ccccc2)CC1. The Hall–Kier alpha value is -2.09. The first-order chi connectivity index (χ1) is 12.8. The van der Waals surface area contributed by atoms with Crippen LogP contribution in [0.3, 0.4) is 0 Å². The number of aromatic nitrogens is 4. The van der Waals surface area contributed by atoms with Crippen LogP contribution in [0.2, 0.25) is 0 Å². The molecule has 0 bridgehead atoms. The Balaban J connectivity index is 1.62. The second-order valence-electron chi connectivity index (χ2n) is 6.57. The van der Waals surface area contributed by atoms with Gasteiger partial charge < -0.3 is 4.90 Å². The van der Waals surface area contributed by atoms with E-state index < -0.39 is 0 Å². The summed E-state index contributed by atoms with van der Waals surface area (Å²) < 4.78 is 1.95. The van der Waals surface area contributed by atoms with Crippen LogP contribution in [0.5, 0.6) is 0 Å². The molecule has 2 aromatic heterocycles. The number of rotatable bonds is 6. The van der Waals surface area contributed by atoms with E-state index in [9.17, 15) is 0 Å². The Kier molecular flexibility index (Phi) is 5.38. The molecule has 1 aliphatic rings. The number of likely N-dealkylation sites (N-methyl/N-ethyl adjacent to an activating group) is 1. The van der Waals surface area contributed by atoms with Gasteiger partial charge in [0.2, 0.25) is 0 Å². The highest BCUT2D eigenvalue weighted by Gasteiger charge is 2.30. The average molecular weight is 369 g/mol. The van der Waals surface area contributed by atoms with Crippen molar-refractivity contribution in [3.05, 3.63) is 64.1 Å². The summed E-state index contributed by atoms with van der Waals surface area (Å²) in [6, 6.07) is 14.8. The first-order valence-corrected chi connectivity index (χ1v) is 10.0. The molecule has 0 amide bonds. The number of tetrazole rings is 1. The average Bonchev–Trinajstić information content (AvgIpc) is 3.37. The summed E-state index contributed by atoms with van der Waals surface area (Å²) >= 11 is 1.78. The van der Waals surface area contributed by atoms with Gasteiger partial charge in [-0.25, -0.2) is 4.68 Å². The van der Waals surface area contributed by atoms with E-state index in [1.54, 1.807) is 11.3 Å². The van der Waals surface area contributed by atoms with E-state index in [1.807, 2.05) is 10.7 Å². The zero-order valence-corrected chi connectivity index (χ0v) is 15.8. The second-order valence-corrected chi connectivity index (χ2v) is 7.55. The lowest BCUT2D eigenvalue weighted by atomic mass is 10.1. The number of hydrogen-bond acceptors (Lipinski definition) is 6. The number of thiophene rings is 1. The molecule has 3 heterocycles. The van der Waals surface area contributed by atoms with Crippen LogP contribution in [0.1, 0.15) is 29.2 Å². The smallest absolute Gasteiger partial charge is 0.174 e. The molecule has 0 radical (unpaired) electrons. The van der Waals surface area contributed by atoms with Crippen molar-refractivity contribution in [2.75, 3.05) is 32.7 Å². The van der Waals surface area contributed by atoms with E-state index in [2.05, 4.69) is 74.0 Å². The molecule has 3 aromatic rings. The monoisotopic (exact) mass is 368 g/mol. The summed E-state index contributed by atoms with van der Waals surface area (Å²) in [6.07, 6.45) is 0. The van der Waals surface area contributed by atoms with Crippen molar-refractivity contribution in [1.29, 1.82) is 0 Å². The third-order valence-corrected chi connectivity index (χ3v) is 5.94. The van der Waals surface area contributed by atoms with Crippen LogP contribution in [-0.2, 0) is 6.54 Å². The van der Waals surface area contributed by atoms with E-state index in [0.717, 1.165) is 38.5 Å². The summed E-state index contributed by atoms with van der Waals surface area (Å²) in [6.45, 7) is 8.30. The fraction of sp³-hybridized carbons (Fsp3) is 0.421. The van der Waals surface area contributed by atoms with E-state index in [1.165, 1.54) is 10.4 Å². The first-order valence-electron chi connectivity index (χ1n) is 9.15. The van der Waals surface area contributed by atoms with Crippen molar-refractivity contribution in [3.8, 4) is 0 Å². The van der Waals surface area contributed by atoms with E-state index in [0.29, 0.717) is 6.54 Å². The summed E-state index contributed by atoms with van der Waals surface area (Å²) in [5, 5.41) is 14.9. The molecule has 1 fully saturated rings. The molecule has 1 aliphatic heterocycles. The topological polar surface area (TPSA) is 50.1 Å². The van der Waals surface area contributed by atoms with Crippen LogP contribution < -0.4 is 0 Å². The molecule has 0 N–H and O–H groups in total. The summed E-state index contributed by atoms with van der Waals surface area (Å²) in [5.74, 6) is 0.932. The van der Waals surface area contributed by atoms with Gasteiger partial charge in [0.15, 0.2) is 5.82 Å². The molecule has 0 aliphatic carbocycles. The molecule has 26 heavy (non-hydrogen) atoms. The van der Waals surface area contributed by atoms with Crippen molar-refractivity contribution in [2.24, 2.45) is 0 Å². The zero-order valence-electron chi connectivity index (χ0n) is 15.0. The normalized spacial score (nSPS) is 17.4. The predicted molar refractivity (Wildman–Crippen MR) is 103 cm³/mol. The van der Waals surface area contributed by atoms with E-state index >= 15 is 0 Å². The third-order valence-electron chi connectivity index (χ3n) is 5.01. The zero-order chi connectivity index (χ0) is 17.8. The molecular formula is C19H24N6S. The maximum atomic E-state index is 4.44. The van der Waals surface area contributed by atoms with Crippen LogP contribution >= 0.6 is 11.3 Å². The van der Waals surface area contributed by atoms with Gasteiger partial charge in [0, 0.05) is 31.1 Å². The van der Waals surface area contributed by atoms with Gasteiger partial charge in [0.25, 0.3) is 0 Å². The fourth-order valence-electron chi connectivity index (χ4n) is 3.53. The molecule has 0 spiro atoms. The van der Waals surface area contributed by atoms with Crippen molar-refractivity contribution >= 4 is 11.3 Å². The summed E-state index contributed by atoms with van der Waals surface area (Å²) in [5.41, 5.74) is 1.21. The molecular weight excluding hydrogens is 344 g/mol. The molecule has 1 atom stereocenters. The van der Waals surface area contributed by atoms with Gasteiger partial charge in [-0.1, -0.05) is 43.3 Å². The molecule has 1 aromatic carbocycles. The van der Waals surface area contributed by atoms with Crippen LogP contribution in [0.4, 0.5) is 0 Å². The van der Waals surface area contributed by atoms with Crippen molar-refractivity contribution in [2.45, 2.75) is 19.5 Å². The maximum Gasteiger partial charge on any atom is 0.174 e. The van der Waals surface area contributed by atoms with Crippen LogP contribution in [-0.4, -0.2) is 62.7 Å². The minimum atomic E-state index is 0.118. The van der Waals surface area contributed by atoms with Gasteiger partial charge in [0.05, 0.1) is 6.54 Å². The number of nitrogens with zero attached hydrogens (tertiary/aromatic N) is 6. The number of hydrogen-bond donors (Lipinski definition) is 0. The van der Waals surface area contributed by atoms with Gasteiger partial charge >= 0.3 is 0 Å². The molecule has 7 heteroatoms. The Morgan fingerprint density at radius 2 is 1.85 bits per heavy atom. The summed E-state index contributed by atoms with van der Waals surface area (Å²) in [7, 11) is 0. The largest absolute Gasteiger partial charge is 0.301 e. The van der Waals surface area contributed by atoms with E-state index in [-0.39, 0.29) is 6.04 Å². The minimum absolute atomic E-state index is 0.118. The number of benzene rings is 1. The fourth-order valence-corrected chi connectivity index (χ4v) is 4.39. The molecule has 1 unspecified atom stereocenters. The lowest BCUT2D eigenvalue weighted by Crippen LogP contribution is -2.48. The van der Waals surface area contributed by atoms with Gasteiger partial charge in [-0.15, -0.1) is 16.4 Å². The van der Waals surface area contributed by atoms with Crippen molar-refractivity contribution in [1.82, 2.24) is 30.0 Å². The maximum absolute atomic E-state index is 4.44. The lowest BCUT2D eigenvalue weighted by molar-refractivity contribution is 0.110. The molecule has 136 valence electrons. The highest BCUT2D eigenvalue weighted by Crippen LogP contribution is 2.31. The van der Waals surface area contributed by atoms with Crippen LogP contribution in [0, 0.1) is 0 Å².